The number of rotatable bonds is 2. The predicted octanol–water partition coefficient (Wildman–Crippen LogP) is 2.63. The van der Waals surface area contributed by atoms with Crippen molar-refractivity contribution in [2.75, 3.05) is 0 Å². The van der Waals surface area contributed by atoms with Crippen LogP contribution in [0.15, 0.2) is 18.3 Å². The van der Waals surface area contributed by atoms with E-state index in [2.05, 4.69) is 25.3 Å². The fraction of sp³-hybridized carbons (Fsp3) is 0.556. The molecule has 1 heterocycles. The van der Waals surface area contributed by atoms with Crippen LogP contribution < -0.4 is 0 Å². The van der Waals surface area contributed by atoms with Crippen LogP contribution in [0.4, 0.5) is 0 Å². The topological polar surface area (TPSA) is 4.93 Å². The summed E-state index contributed by atoms with van der Waals surface area (Å²) >= 11 is 0. The summed E-state index contributed by atoms with van der Waals surface area (Å²) < 4.78 is 9.74. The minimum Gasteiger partial charge on any atom is -0.351 e. The molecule has 0 spiro atoms. The molecular formula is C9H15N. The van der Waals surface area contributed by atoms with Crippen LogP contribution in [0, 0.1) is 0 Å². The van der Waals surface area contributed by atoms with Gasteiger partial charge in [-0.2, -0.15) is 0 Å². The molecule has 0 unspecified atom stereocenters. The average Bonchev–Trinajstić information content (AvgIpc) is 2.30. The maximum Gasteiger partial charge on any atom is 0.0642 e. The summed E-state index contributed by atoms with van der Waals surface area (Å²) in [4.78, 5) is 0. The Morgan fingerprint density at radius 1 is 1.70 bits per heavy atom. The Morgan fingerprint density at radius 2 is 2.40 bits per heavy atom. The molecule has 1 aromatic heterocycles. The highest BCUT2D eigenvalue weighted by atomic mass is 15.0. The highest BCUT2D eigenvalue weighted by molar-refractivity contribution is 5.10. The average molecular weight is 138 g/mol. The van der Waals surface area contributed by atoms with Gasteiger partial charge in [-0.05, 0) is 25.0 Å². The number of hydrogen-bond acceptors (Lipinski definition) is 0. The second-order valence-electron chi connectivity index (χ2n) is 2.79. The summed E-state index contributed by atoms with van der Waals surface area (Å²) in [6, 6.07) is 2.53. The molecule has 0 aliphatic carbocycles. The molecule has 0 aliphatic heterocycles. The summed E-state index contributed by atoms with van der Waals surface area (Å²) in [6.07, 6.45) is 1.98. The molecule has 0 fully saturated rings. The smallest absolute Gasteiger partial charge is 0.0642 e. The fourth-order valence-corrected chi connectivity index (χ4v) is 1.15. The van der Waals surface area contributed by atoms with E-state index in [-0.39, 0.29) is 0 Å². The summed E-state index contributed by atoms with van der Waals surface area (Å²) in [6.45, 7) is 7.32. The predicted molar refractivity (Wildman–Crippen MR) is 44.2 cm³/mol. The van der Waals surface area contributed by atoms with E-state index in [1.807, 2.05) is 12.3 Å². The molecule has 0 saturated heterocycles. The third kappa shape index (κ3) is 1.23. The molecular weight excluding hydrogens is 122 g/mol. The SMILES string of the molecule is [2H]c1ccn(CC)c1C(C)C. The van der Waals surface area contributed by atoms with E-state index in [0.717, 1.165) is 12.2 Å². The molecule has 1 heteroatoms. The molecule has 56 valence electrons. The van der Waals surface area contributed by atoms with Crippen LogP contribution in [0.1, 0.15) is 33.8 Å². The van der Waals surface area contributed by atoms with Crippen molar-refractivity contribution in [3.8, 4) is 0 Å². The lowest BCUT2D eigenvalue weighted by atomic mass is 10.1. The van der Waals surface area contributed by atoms with Gasteiger partial charge in [-0.15, -0.1) is 0 Å². The Morgan fingerprint density at radius 3 is 2.80 bits per heavy atom. The molecule has 1 rings (SSSR count). The lowest BCUT2D eigenvalue weighted by Crippen LogP contribution is -1.99. The van der Waals surface area contributed by atoms with Gasteiger partial charge in [-0.3, -0.25) is 0 Å². The lowest BCUT2D eigenvalue weighted by Gasteiger charge is -2.08. The normalized spacial score (nSPS) is 12.2. The highest BCUT2D eigenvalue weighted by Gasteiger charge is 2.01. The number of hydrogen-bond donors (Lipinski definition) is 0. The number of aryl methyl sites for hydroxylation is 1. The summed E-state index contributed by atoms with van der Waals surface area (Å²) in [5, 5.41) is 0. The van der Waals surface area contributed by atoms with Gasteiger partial charge in [0.05, 0.1) is 1.37 Å². The first-order chi connectivity index (χ1) is 5.16. The van der Waals surface area contributed by atoms with Crippen molar-refractivity contribution in [3.63, 3.8) is 0 Å². The minimum absolute atomic E-state index is 0.456. The second-order valence-corrected chi connectivity index (χ2v) is 2.79. The van der Waals surface area contributed by atoms with Gasteiger partial charge >= 0.3 is 0 Å². The standard InChI is InChI=1S/C9H15N/c1-4-10-7-5-6-9(10)8(2)3/h5-8H,4H2,1-3H3/i6D. The molecule has 0 saturated carbocycles. The van der Waals surface area contributed by atoms with E-state index in [9.17, 15) is 0 Å². The Kier molecular flexibility index (Phi) is 1.75. The first-order valence-electron chi connectivity index (χ1n) is 4.32. The van der Waals surface area contributed by atoms with Crippen LogP contribution in [0.3, 0.4) is 0 Å². The molecule has 0 radical (unpaired) electrons. The van der Waals surface area contributed by atoms with Crippen molar-refractivity contribution >= 4 is 0 Å². The number of aromatic nitrogens is 1. The maximum atomic E-state index is 7.60. The lowest BCUT2D eigenvalue weighted by molar-refractivity contribution is 0.673. The Hall–Kier alpha value is -0.720. The van der Waals surface area contributed by atoms with Gasteiger partial charge in [0, 0.05) is 18.4 Å². The monoisotopic (exact) mass is 138 g/mol. The zero-order valence-electron chi connectivity index (χ0n) is 7.89. The van der Waals surface area contributed by atoms with Gasteiger partial charge in [0.15, 0.2) is 0 Å². The van der Waals surface area contributed by atoms with Crippen molar-refractivity contribution < 1.29 is 1.37 Å². The van der Waals surface area contributed by atoms with Crippen LogP contribution in [-0.2, 0) is 6.54 Å². The van der Waals surface area contributed by atoms with Gasteiger partial charge in [0.2, 0.25) is 0 Å². The minimum atomic E-state index is 0.456. The molecule has 0 bridgehead atoms. The summed E-state index contributed by atoms with van der Waals surface area (Å²) in [5.74, 6) is 0.456. The van der Waals surface area contributed by atoms with E-state index >= 15 is 0 Å². The largest absolute Gasteiger partial charge is 0.351 e. The summed E-state index contributed by atoms with van der Waals surface area (Å²) in [7, 11) is 0. The second kappa shape index (κ2) is 2.91. The fourth-order valence-electron chi connectivity index (χ4n) is 1.15. The van der Waals surface area contributed by atoms with Crippen LogP contribution in [0.5, 0.6) is 0 Å². The van der Waals surface area contributed by atoms with Gasteiger partial charge in [0.25, 0.3) is 0 Å². The van der Waals surface area contributed by atoms with Crippen LogP contribution in [0.25, 0.3) is 0 Å². The Balaban J connectivity index is 3.07. The molecule has 0 atom stereocenters. The Labute approximate surface area is 64.1 Å². The third-order valence-electron chi connectivity index (χ3n) is 1.68. The van der Waals surface area contributed by atoms with Crippen molar-refractivity contribution in [1.29, 1.82) is 0 Å². The van der Waals surface area contributed by atoms with E-state index in [0.29, 0.717) is 12.0 Å². The van der Waals surface area contributed by atoms with Gasteiger partial charge in [-0.1, -0.05) is 13.8 Å². The van der Waals surface area contributed by atoms with E-state index in [1.165, 1.54) is 0 Å². The zero-order valence-corrected chi connectivity index (χ0v) is 6.89. The van der Waals surface area contributed by atoms with Gasteiger partial charge in [-0.25, -0.2) is 0 Å². The van der Waals surface area contributed by atoms with Crippen molar-refractivity contribution in [2.45, 2.75) is 33.2 Å². The first-order valence-corrected chi connectivity index (χ1v) is 3.82. The zero-order chi connectivity index (χ0) is 8.43. The van der Waals surface area contributed by atoms with Crippen molar-refractivity contribution in [1.82, 2.24) is 4.57 Å². The molecule has 0 aromatic carbocycles. The maximum absolute atomic E-state index is 7.60. The molecule has 1 aromatic rings. The molecule has 0 aliphatic rings. The first kappa shape index (κ1) is 6.02. The number of nitrogens with zero attached hydrogens (tertiary/aromatic N) is 1. The molecule has 1 nitrogen and oxygen atoms in total. The summed E-state index contributed by atoms with van der Waals surface area (Å²) in [5.41, 5.74) is 1.15. The van der Waals surface area contributed by atoms with Gasteiger partial charge < -0.3 is 4.57 Å². The third-order valence-corrected chi connectivity index (χ3v) is 1.68. The van der Waals surface area contributed by atoms with E-state index in [1.54, 1.807) is 0 Å². The molecule has 10 heavy (non-hydrogen) atoms. The quantitative estimate of drug-likeness (QED) is 0.592. The van der Waals surface area contributed by atoms with Crippen LogP contribution in [-0.4, -0.2) is 4.57 Å². The van der Waals surface area contributed by atoms with Crippen LogP contribution >= 0.6 is 0 Å². The van der Waals surface area contributed by atoms with Gasteiger partial charge in [0.1, 0.15) is 0 Å². The van der Waals surface area contributed by atoms with E-state index < -0.39 is 0 Å². The Bertz CT molecular complexity index is 238. The van der Waals surface area contributed by atoms with Crippen LogP contribution in [0.2, 0.25) is 0 Å². The van der Waals surface area contributed by atoms with Crippen molar-refractivity contribution in [2.24, 2.45) is 0 Å². The van der Waals surface area contributed by atoms with E-state index in [4.69, 9.17) is 1.37 Å². The molecule has 0 N–H and O–H groups in total. The van der Waals surface area contributed by atoms with Crippen molar-refractivity contribution in [3.05, 3.63) is 24.0 Å². The molecule has 0 amide bonds. The highest BCUT2D eigenvalue weighted by Crippen LogP contribution is 2.14.